The van der Waals surface area contributed by atoms with Gasteiger partial charge in [0.05, 0.1) is 5.75 Å². The van der Waals surface area contributed by atoms with Gasteiger partial charge in [-0.1, -0.05) is 15.9 Å². The standard InChI is InChI=1S/C14H11Br2NOS/c15-10-2-5-14(6-3-10)19-9-13(18)7-12-4-1-11(16)8-17-12/h1-6,8H,7,9H2. The quantitative estimate of drug-likeness (QED) is 0.691. The van der Waals surface area contributed by atoms with Gasteiger partial charge in [0.15, 0.2) is 0 Å². The summed E-state index contributed by atoms with van der Waals surface area (Å²) in [5, 5.41) is 0. The van der Waals surface area contributed by atoms with Crippen LogP contribution >= 0.6 is 43.6 Å². The summed E-state index contributed by atoms with van der Waals surface area (Å²) in [4.78, 5) is 17.2. The van der Waals surface area contributed by atoms with Crippen molar-refractivity contribution < 1.29 is 4.79 Å². The van der Waals surface area contributed by atoms with E-state index < -0.39 is 0 Å². The average molecular weight is 401 g/mol. The predicted molar refractivity (Wildman–Crippen MR) is 85.5 cm³/mol. The highest BCUT2D eigenvalue weighted by Gasteiger charge is 2.06. The molecular formula is C14H11Br2NOS. The molecule has 19 heavy (non-hydrogen) atoms. The lowest BCUT2D eigenvalue weighted by molar-refractivity contribution is -0.116. The molecule has 2 aromatic rings. The number of ketones is 1. The van der Waals surface area contributed by atoms with Crippen molar-refractivity contribution in [3.63, 3.8) is 0 Å². The summed E-state index contributed by atoms with van der Waals surface area (Å²) >= 11 is 8.26. The zero-order chi connectivity index (χ0) is 13.7. The van der Waals surface area contributed by atoms with E-state index in [-0.39, 0.29) is 5.78 Å². The van der Waals surface area contributed by atoms with E-state index >= 15 is 0 Å². The fourth-order valence-electron chi connectivity index (χ4n) is 1.46. The van der Waals surface area contributed by atoms with E-state index in [4.69, 9.17) is 0 Å². The Bertz CT molecular complexity index is 555. The molecule has 5 heteroatoms. The largest absolute Gasteiger partial charge is 0.298 e. The molecule has 0 amide bonds. The van der Waals surface area contributed by atoms with Crippen LogP contribution in [0.25, 0.3) is 0 Å². The molecule has 0 spiro atoms. The van der Waals surface area contributed by atoms with Crippen LogP contribution in [0.4, 0.5) is 0 Å². The topological polar surface area (TPSA) is 30.0 Å². The molecule has 0 unspecified atom stereocenters. The molecule has 0 aliphatic heterocycles. The summed E-state index contributed by atoms with van der Waals surface area (Å²) in [6, 6.07) is 11.7. The smallest absolute Gasteiger partial charge is 0.149 e. The zero-order valence-electron chi connectivity index (χ0n) is 9.98. The number of hydrogen-bond acceptors (Lipinski definition) is 3. The monoisotopic (exact) mass is 399 g/mol. The molecular weight excluding hydrogens is 390 g/mol. The average Bonchev–Trinajstić information content (AvgIpc) is 2.41. The van der Waals surface area contributed by atoms with Crippen molar-refractivity contribution in [2.24, 2.45) is 0 Å². The van der Waals surface area contributed by atoms with E-state index in [1.807, 2.05) is 36.4 Å². The van der Waals surface area contributed by atoms with Gasteiger partial charge >= 0.3 is 0 Å². The highest BCUT2D eigenvalue weighted by molar-refractivity contribution is 9.10. The van der Waals surface area contributed by atoms with Crippen molar-refractivity contribution in [1.29, 1.82) is 0 Å². The third-order valence-corrected chi connectivity index (χ3v) is 4.45. The number of halogens is 2. The molecule has 0 saturated heterocycles. The number of carbonyl (C=O) groups is 1. The molecule has 98 valence electrons. The maximum atomic E-state index is 11.9. The second kappa shape index (κ2) is 7.22. The van der Waals surface area contributed by atoms with Crippen LogP contribution in [0.1, 0.15) is 5.69 Å². The van der Waals surface area contributed by atoms with Gasteiger partial charge in [-0.25, -0.2) is 0 Å². The van der Waals surface area contributed by atoms with Gasteiger partial charge in [0.25, 0.3) is 0 Å². The van der Waals surface area contributed by atoms with Crippen molar-refractivity contribution in [3.8, 4) is 0 Å². The van der Waals surface area contributed by atoms with Crippen LogP contribution in [-0.4, -0.2) is 16.5 Å². The van der Waals surface area contributed by atoms with Crippen molar-refractivity contribution in [1.82, 2.24) is 4.98 Å². The first-order valence-electron chi connectivity index (χ1n) is 5.64. The summed E-state index contributed by atoms with van der Waals surface area (Å²) in [6.45, 7) is 0. The van der Waals surface area contributed by atoms with Gasteiger partial charge < -0.3 is 0 Å². The molecule has 0 atom stereocenters. The Labute approximate surface area is 133 Å². The molecule has 1 heterocycles. The summed E-state index contributed by atoms with van der Waals surface area (Å²) < 4.78 is 1.97. The molecule has 0 bridgehead atoms. The highest BCUT2D eigenvalue weighted by atomic mass is 79.9. The summed E-state index contributed by atoms with van der Waals surface area (Å²) in [5.41, 5.74) is 0.810. The van der Waals surface area contributed by atoms with Crippen LogP contribution in [0.2, 0.25) is 0 Å². The SMILES string of the molecule is O=C(CSc1ccc(Br)cc1)Cc1ccc(Br)cn1. The number of nitrogens with zero attached hydrogens (tertiary/aromatic N) is 1. The Morgan fingerprint density at radius 1 is 1.05 bits per heavy atom. The molecule has 1 aromatic heterocycles. The highest BCUT2D eigenvalue weighted by Crippen LogP contribution is 2.21. The third-order valence-electron chi connectivity index (χ3n) is 2.38. The number of thioether (sulfide) groups is 1. The molecule has 0 fully saturated rings. The Morgan fingerprint density at radius 2 is 1.74 bits per heavy atom. The third kappa shape index (κ3) is 5.09. The molecule has 0 N–H and O–H groups in total. The predicted octanol–water partition coefficient (Wildman–Crippen LogP) is 4.51. The second-order valence-electron chi connectivity index (χ2n) is 3.93. The first-order chi connectivity index (χ1) is 9.13. The van der Waals surface area contributed by atoms with E-state index in [1.54, 1.807) is 18.0 Å². The van der Waals surface area contributed by atoms with Gasteiger partial charge in [0.1, 0.15) is 5.78 Å². The molecule has 1 aromatic carbocycles. The summed E-state index contributed by atoms with van der Waals surface area (Å²) in [7, 11) is 0. The number of pyridine rings is 1. The Hall–Kier alpha value is -0.650. The number of carbonyl (C=O) groups excluding carboxylic acids is 1. The molecule has 2 rings (SSSR count). The first-order valence-corrected chi connectivity index (χ1v) is 8.21. The number of Topliss-reactive ketones (excluding diaryl/α,β-unsaturated/α-hetero) is 1. The Kier molecular flexibility index (Phi) is 5.60. The lowest BCUT2D eigenvalue weighted by Crippen LogP contribution is -2.06. The number of benzene rings is 1. The van der Waals surface area contributed by atoms with Gasteiger partial charge in [-0.2, -0.15) is 0 Å². The van der Waals surface area contributed by atoms with E-state index in [2.05, 4.69) is 36.8 Å². The molecule has 2 nitrogen and oxygen atoms in total. The second-order valence-corrected chi connectivity index (χ2v) is 6.81. The minimum atomic E-state index is 0.183. The van der Waals surface area contributed by atoms with Crippen molar-refractivity contribution in [2.75, 3.05) is 5.75 Å². The number of rotatable bonds is 5. The first kappa shape index (κ1) is 14.8. The van der Waals surface area contributed by atoms with Crippen LogP contribution in [0.15, 0.2) is 56.4 Å². The van der Waals surface area contributed by atoms with E-state index in [0.717, 1.165) is 19.5 Å². The lowest BCUT2D eigenvalue weighted by atomic mass is 10.2. The molecule has 0 radical (unpaired) electrons. The maximum Gasteiger partial charge on any atom is 0.149 e. The minimum absolute atomic E-state index is 0.183. The molecule has 0 aliphatic carbocycles. The fourth-order valence-corrected chi connectivity index (χ4v) is 2.72. The normalized spacial score (nSPS) is 10.4. The van der Waals surface area contributed by atoms with Crippen molar-refractivity contribution in [3.05, 3.63) is 57.2 Å². The van der Waals surface area contributed by atoms with Crippen molar-refractivity contribution in [2.45, 2.75) is 11.3 Å². The number of hydrogen-bond donors (Lipinski definition) is 0. The van der Waals surface area contributed by atoms with E-state index in [1.165, 1.54) is 0 Å². The van der Waals surface area contributed by atoms with Crippen LogP contribution in [0, 0.1) is 0 Å². The Balaban J connectivity index is 1.84. The van der Waals surface area contributed by atoms with Gasteiger partial charge in [-0.05, 0) is 52.3 Å². The van der Waals surface area contributed by atoms with Gasteiger partial charge in [0.2, 0.25) is 0 Å². The fraction of sp³-hybridized carbons (Fsp3) is 0.143. The molecule has 0 saturated carbocycles. The summed E-state index contributed by atoms with van der Waals surface area (Å²) in [6.07, 6.45) is 2.10. The van der Waals surface area contributed by atoms with Gasteiger partial charge in [0, 0.05) is 32.2 Å². The van der Waals surface area contributed by atoms with Crippen LogP contribution in [0.5, 0.6) is 0 Å². The van der Waals surface area contributed by atoms with E-state index in [9.17, 15) is 4.79 Å². The van der Waals surface area contributed by atoms with Crippen LogP contribution in [-0.2, 0) is 11.2 Å². The van der Waals surface area contributed by atoms with Gasteiger partial charge in [-0.15, -0.1) is 11.8 Å². The van der Waals surface area contributed by atoms with Crippen LogP contribution < -0.4 is 0 Å². The Morgan fingerprint density at radius 3 is 2.37 bits per heavy atom. The van der Waals surface area contributed by atoms with Gasteiger partial charge in [-0.3, -0.25) is 9.78 Å². The zero-order valence-corrected chi connectivity index (χ0v) is 14.0. The van der Waals surface area contributed by atoms with E-state index in [0.29, 0.717) is 12.2 Å². The lowest BCUT2D eigenvalue weighted by Gasteiger charge is -2.02. The number of aromatic nitrogens is 1. The van der Waals surface area contributed by atoms with Crippen molar-refractivity contribution >= 4 is 49.4 Å². The maximum absolute atomic E-state index is 11.9. The molecule has 0 aliphatic rings. The minimum Gasteiger partial charge on any atom is -0.298 e. The van der Waals surface area contributed by atoms with Crippen LogP contribution in [0.3, 0.4) is 0 Å². The summed E-state index contributed by atoms with van der Waals surface area (Å²) in [5.74, 6) is 0.655.